The summed E-state index contributed by atoms with van der Waals surface area (Å²) in [6.07, 6.45) is -0.695. The SMILES string of the molecule is CC[C@H](C)[C@H](N)C(=O)OC[C@H]1O[C@@H]([n+]2cccc(C(N)=O)c2)[C@H](O)[C@@H]1O.[Cl-]. The molecule has 152 valence electrons. The van der Waals surface area contributed by atoms with E-state index in [1.54, 1.807) is 12.3 Å². The molecule has 10 heteroatoms. The number of ether oxygens (including phenoxy) is 2. The van der Waals surface area contributed by atoms with Crippen molar-refractivity contribution < 1.29 is 46.2 Å². The van der Waals surface area contributed by atoms with E-state index in [2.05, 4.69) is 0 Å². The number of aliphatic hydroxyl groups excluding tert-OH is 2. The van der Waals surface area contributed by atoms with E-state index < -0.39 is 42.5 Å². The number of aliphatic hydroxyl groups is 2. The van der Waals surface area contributed by atoms with Gasteiger partial charge in [0.1, 0.15) is 30.4 Å². The molecule has 6 atom stereocenters. The van der Waals surface area contributed by atoms with Gasteiger partial charge in [-0.15, -0.1) is 0 Å². The number of carbonyl (C=O) groups excluding carboxylic acids is 2. The fourth-order valence-electron chi connectivity index (χ4n) is 2.66. The number of esters is 1. The smallest absolute Gasteiger partial charge is 0.323 e. The summed E-state index contributed by atoms with van der Waals surface area (Å²) in [4.78, 5) is 23.2. The van der Waals surface area contributed by atoms with Crippen molar-refractivity contribution in [3.63, 3.8) is 0 Å². The van der Waals surface area contributed by atoms with Crippen LogP contribution in [0.2, 0.25) is 0 Å². The Morgan fingerprint density at radius 3 is 2.63 bits per heavy atom. The fraction of sp³-hybridized carbons (Fsp3) is 0.588. The van der Waals surface area contributed by atoms with Crippen LogP contribution in [0, 0.1) is 5.92 Å². The molecule has 1 aromatic heterocycles. The third-order valence-corrected chi connectivity index (χ3v) is 4.66. The van der Waals surface area contributed by atoms with E-state index in [0.717, 1.165) is 6.42 Å². The molecular formula is C17H26ClN3O6. The number of hydrogen-bond donors (Lipinski definition) is 4. The van der Waals surface area contributed by atoms with Crippen molar-refractivity contribution in [3.8, 4) is 0 Å². The first-order chi connectivity index (χ1) is 12.3. The molecule has 2 heterocycles. The third-order valence-electron chi connectivity index (χ3n) is 4.66. The molecule has 0 aliphatic carbocycles. The van der Waals surface area contributed by atoms with Gasteiger partial charge in [0.25, 0.3) is 12.1 Å². The predicted octanol–water partition coefficient (Wildman–Crippen LogP) is -4.39. The zero-order valence-electron chi connectivity index (χ0n) is 15.2. The van der Waals surface area contributed by atoms with E-state index in [0.29, 0.717) is 0 Å². The summed E-state index contributed by atoms with van der Waals surface area (Å²) in [7, 11) is 0. The number of nitrogens with two attached hydrogens (primary N) is 2. The predicted molar refractivity (Wildman–Crippen MR) is 89.5 cm³/mol. The summed E-state index contributed by atoms with van der Waals surface area (Å²) in [5, 5.41) is 20.4. The molecule has 0 bridgehead atoms. The molecule has 27 heavy (non-hydrogen) atoms. The van der Waals surface area contributed by atoms with Crippen molar-refractivity contribution in [1.82, 2.24) is 0 Å². The summed E-state index contributed by atoms with van der Waals surface area (Å²) in [5.41, 5.74) is 11.3. The van der Waals surface area contributed by atoms with Gasteiger partial charge in [0, 0.05) is 6.07 Å². The van der Waals surface area contributed by atoms with Gasteiger partial charge in [0.15, 0.2) is 18.5 Å². The summed E-state index contributed by atoms with van der Waals surface area (Å²) >= 11 is 0. The van der Waals surface area contributed by atoms with Gasteiger partial charge >= 0.3 is 5.97 Å². The number of halogens is 1. The van der Waals surface area contributed by atoms with Crippen molar-refractivity contribution in [2.45, 2.75) is 50.8 Å². The van der Waals surface area contributed by atoms with Gasteiger partial charge in [-0.25, -0.2) is 0 Å². The topological polar surface area (TPSA) is 149 Å². The molecule has 0 radical (unpaired) electrons. The van der Waals surface area contributed by atoms with Crippen molar-refractivity contribution >= 4 is 11.9 Å². The van der Waals surface area contributed by atoms with Crippen LogP contribution in [0.5, 0.6) is 0 Å². The Hall–Kier alpha value is -1.78. The minimum absolute atomic E-state index is 0. The lowest BCUT2D eigenvalue weighted by atomic mass is 10.0. The molecule has 0 aromatic carbocycles. The number of carbonyl (C=O) groups is 2. The molecule has 1 amide bonds. The molecule has 0 unspecified atom stereocenters. The highest BCUT2D eigenvalue weighted by Gasteiger charge is 2.48. The zero-order chi connectivity index (χ0) is 19.4. The van der Waals surface area contributed by atoms with Crippen molar-refractivity contribution in [3.05, 3.63) is 30.1 Å². The molecule has 1 fully saturated rings. The number of hydrogen-bond acceptors (Lipinski definition) is 7. The first kappa shape index (κ1) is 23.3. The molecule has 1 aliphatic rings. The Morgan fingerprint density at radius 1 is 1.37 bits per heavy atom. The molecule has 0 saturated carbocycles. The molecule has 1 aromatic rings. The van der Waals surface area contributed by atoms with Crippen molar-refractivity contribution in [2.75, 3.05) is 6.61 Å². The number of nitrogens with zero attached hydrogens (tertiary/aromatic N) is 1. The summed E-state index contributed by atoms with van der Waals surface area (Å²) in [6.45, 7) is 3.52. The maximum atomic E-state index is 12.0. The Bertz CT molecular complexity index is 661. The normalized spacial score (nSPS) is 26.7. The average Bonchev–Trinajstić information content (AvgIpc) is 2.93. The van der Waals surface area contributed by atoms with Crippen molar-refractivity contribution in [1.29, 1.82) is 0 Å². The number of amides is 1. The van der Waals surface area contributed by atoms with Crippen LogP contribution in [-0.4, -0.2) is 53.1 Å². The molecule has 0 spiro atoms. The quantitative estimate of drug-likeness (QED) is 0.265. The lowest BCUT2D eigenvalue weighted by molar-refractivity contribution is -0.765. The molecular weight excluding hydrogens is 378 g/mol. The summed E-state index contributed by atoms with van der Waals surface area (Å²) < 4.78 is 12.2. The van der Waals surface area contributed by atoms with E-state index in [-0.39, 0.29) is 30.5 Å². The van der Waals surface area contributed by atoms with Gasteiger partial charge < -0.3 is 43.6 Å². The minimum atomic E-state index is -1.27. The number of rotatable bonds is 7. The Kier molecular flexibility index (Phi) is 8.58. The van der Waals surface area contributed by atoms with Crippen LogP contribution in [0.4, 0.5) is 0 Å². The zero-order valence-corrected chi connectivity index (χ0v) is 16.0. The monoisotopic (exact) mass is 403 g/mol. The first-order valence-electron chi connectivity index (χ1n) is 8.50. The molecule has 2 rings (SSSR count). The average molecular weight is 404 g/mol. The molecule has 6 N–H and O–H groups in total. The van der Waals surface area contributed by atoms with Gasteiger partial charge in [-0.2, -0.15) is 4.57 Å². The highest BCUT2D eigenvalue weighted by Crippen LogP contribution is 2.26. The molecule has 9 nitrogen and oxygen atoms in total. The van der Waals surface area contributed by atoms with E-state index in [1.807, 2.05) is 13.8 Å². The van der Waals surface area contributed by atoms with E-state index in [9.17, 15) is 19.8 Å². The van der Waals surface area contributed by atoms with Crippen LogP contribution in [0.3, 0.4) is 0 Å². The standard InChI is InChI=1S/C17H25N3O6.ClH/c1-3-9(2)12(18)17(24)25-8-11-13(21)14(22)16(26-11)20-6-4-5-10(7-20)15(19)23;/h4-7,9,11-14,16,21-22H,3,8,18H2,1-2H3,(H-,19,23);1H/t9-,11+,12-,13+,14+,16+;/m0./s1. The van der Waals surface area contributed by atoms with Gasteiger partial charge in [-0.1, -0.05) is 20.3 Å². The van der Waals surface area contributed by atoms with Gasteiger partial charge in [-0.05, 0) is 12.0 Å². The second-order valence-electron chi connectivity index (χ2n) is 6.49. The fourth-order valence-corrected chi connectivity index (χ4v) is 2.66. The first-order valence-corrected chi connectivity index (χ1v) is 8.50. The Labute approximate surface area is 163 Å². The summed E-state index contributed by atoms with van der Waals surface area (Å²) in [6, 6.07) is 2.33. The van der Waals surface area contributed by atoms with Crippen LogP contribution in [0.1, 0.15) is 36.9 Å². The van der Waals surface area contributed by atoms with Crippen LogP contribution >= 0.6 is 0 Å². The highest BCUT2D eigenvalue weighted by atomic mass is 35.5. The van der Waals surface area contributed by atoms with Gasteiger partial charge in [-0.3, -0.25) is 9.59 Å². The van der Waals surface area contributed by atoms with E-state index in [1.165, 1.54) is 16.8 Å². The largest absolute Gasteiger partial charge is 1.00 e. The third kappa shape index (κ3) is 5.36. The number of pyridine rings is 1. The van der Waals surface area contributed by atoms with E-state index in [4.69, 9.17) is 20.9 Å². The molecule has 1 saturated heterocycles. The van der Waals surface area contributed by atoms with Gasteiger partial charge in [0.05, 0.1) is 0 Å². The number of aromatic nitrogens is 1. The lowest BCUT2D eigenvalue weighted by Crippen LogP contribution is -3.00. The second-order valence-corrected chi connectivity index (χ2v) is 6.49. The second kappa shape index (κ2) is 9.95. The van der Waals surface area contributed by atoms with Crippen LogP contribution in [0.15, 0.2) is 24.5 Å². The maximum absolute atomic E-state index is 12.0. The lowest BCUT2D eigenvalue weighted by Gasteiger charge is -2.19. The van der Waals surface area contributed by atoms with E-state index >= 15 is 0 Å². The minimum Gasteiger partial charge on any atom is -1.00 e. The van der Waals surface area contributed by atoms with Crippen LogP contribution in [-0.2, 0) is 14.3 Å². The maximum Gasteiger partial charge on any atom is 0.323 e. The highest BCUT2D eigenvalue weighted by molar-refractivity contribution is 5.92. The van der Waals surface area contributed by atoms with Crippen LogP contribution in [0.25, 0.3) is 0 Å². The van der Waals surface area contributed by atoms with Crippen molar-refractivity contribution in [2.24, 2.45) is 17.4 Å². The Balaban J connectivity index is 0.00000364. The Morgan fingerprint density at radius 2 is 2.04 bits per heavy atom. The van der Waals surface area contributed by atoms with Crippen LogP contribution < -0.4 is 28.4 Å². The molecule has 1 aliphatic heterocycles. The van der Waals surface area contributed by atoms with Gasteiger partial charge in [0.2, 0.25) is 0 Å². The summed E-state index contributed by atoms with van der Waals surface area (Å²) in [5.74, 6) is -1.25. The number of primary amides is 1.